The molecule has 2 unspecified atom stereocenters. The van der Waals surface area contributed by atoms with Crippen molar-refractivity contribution in [2.24, 2.45) is 0 Å². The van der Waals surface area contributed by atoms with Crippen LogP contribution in [0.5, 0.6) is 0 Å². The summed E-state index contributed by atoms with van der Waals surface area (Å²) >= 11 is 0. The van der Waals surface area contributed by atoms with Crippen LogP contribution in [0.4, 0.5) is 0 Å². The molecule has 1 heterocycles. The van der Waals surface area contributed by atoms with Gasteiger partial charge in [-0.2, -0.15) is 0 Å². The van der Waals surface area contributed by atoms with E-state index in [0.29, 0.717) is 19.4 Å². The molecule has 2 amide bonds. The zero-order chi connectivity index (χ0) is 14.6. The predicted molar refractivity (Wildman–Crippen MR) is 73.7 cm³/mol. The van der Waals surface area contributed by atoms with Crippen LogP contribution >= 0.6 is 0 Å². The molecule has 0 aliphatic carbocycles. The van der Waals surface area contributed by atoms with E-state index < -0.39 is 11.6 Å². The number of hydrogen-bond acceptors (Lipinski definition) is 3. The average molecular weight is 270 g/mol. The van der Waals surface area contributed by atoms with Crippen molar-refractivity contribution in [3.8, 4) is 0 Å². The highest BCUT2D eigenvalue weighted by molar-refractivity contribution is 5.99. The second-order valence-electron chi connectivity index (χ2n) is 5.18. The van der Waals surface area contributed by atoms with Crippen LogP contribution in [-0.2, 0) is 14.3 Å². The third-order valence-electron chi connectivity index (χ3n) is 4.23. The van der Waals surface area contributed by atoms with Gasteiger partial charge in [0.25, 0.3) is 0 Å². The maximum absolute atomic E-state index is 12.8. The van der Waals surface area contributed by atoms with Crippen LogP contribution < -0.4 is 5.32 Å². The molecule has 5 nitrogen and oxygen atoms in total. The van der Waals surface area contributed by atoms with Crippen LogP contribution in [0.15, 0.2) is 0 Å². The molecule has 1 aliphatic heterocycles. The van der Waals surface area contributed by atoms with Crippen LogP contribution in [0, 0.1) is 0 Å². The molecule has 0 aromatic heterocycles. The first-order valence-electron chi connectivity index (χ1n) is 7.11. The second kappa shape index (κ2) is 6.37. The van der Waals surface area contributed by atoms with Crippen molar-refractivity contribution in [2.45, 2.75) is 64.6 Å². The fourth-order valence-corrected chi connectivity index (χ4v) is 2.74. The Kier molecular flexibility index (Phi) is 5.35. The van der Waals surface area contributed by atoms with Crippen LogP contribution in [0.1, 0.15) is 47.0 Å². The van der Waals surface area contributed by atoms with Crippen molar-refractivity contribution in [3.05, 3.63) is 0 Å². The van der Waals surface area contributed by atoms with Crippen molar-refractivity contribution in [1.29, 1.82) is 0 Å². The molecule has 0 radical (unpaired) electrons. The minimum absolute atomic E-state index is 0.0218. The summed E-state index contributed by atoms with van der Waals surface area (Å²) in [4.78, 5) is 26.7. The molecule has 0 saturated carbocycles. The average Bonchev–Trinajstić information content (AvgIpc) is 2.42. The fourth-order valence-electron chi connectivity index (χ4n) is 2.74. The molecular weight excluding hydrogens is 244 g/mol. The van der Waals surface area contributed by atoms with E-state index in [4.69, 9.17) is 4.74 Å². The fraction of sp³-hybridized carbons (Fsp3) is 0.857. The number of rotatable bonds is 6. The lowest BCUT2D eigenvalue weighted by molar-refractivity contribution is -0.159. The van der Waals surface area contributed by atoms with Gasteiger partial charge in [0.1, 0.15) is 11.6 Å². The summed E-state index contributed by atoms with van der Waals surface area (Å²) in [6.07, 6.45) is 2.00. The first kappa shape index (κ1) is 16.0. The van der Waals surface area contributed by atoms with Crippen LogP contribution in [0.2, 0.25) is 0 Å². The largest absolute Gasteiger partial charge is 0.383 e. The number of hydrogen-bond donors (Lipinski definition) is 1. The molecule has 5 heteroatoms. The predicted octanol–water partition coefficient (Wildman–Crippen LogP) is 1.32. The molecular formula is C14H26N2O3. The van der Waals surface area contributed by atoms with Crippen LogP contribution in [0.3, 0.4) is 0 Å². The van der Waals surface area contributed by atoms with Gasteiger partial charge in [0, 0.05) is 7.11 Å². The number of amides is 2. The zero-order valence-electron chi connectivity index (χ0n) is 12.7. The Hall–Kier alpha value is -1.10. The quantitative estimate of drug-likeness (QED) is 0.792. The van der Waals surface area contributed by atoms with E-state index in [2.05, 4.69) is 5.32 Å². The lowest BCUT2D eigenvalue weighted by atomic mass is 9.86. The molecule has 0 bridgehead atoms. The lowest BCUT2D eigenvalue weighted by Gasteiger charge is -2.47. The van der Waals surface area contributed by atoms with Gasteiger partial charge >= 0.3 is 0 Å². The van der Waals surface area contributed by atoms with Crippen molar-refractivity contribution < 1.29 is 14.3 Å². The summed E-state index contributed by atoms with van der Waals surface area (Å²) in [7, 11) is 1.62. The van der Waals surface area contributed by atoms with Gasteiger partial charge in [-0.3, -0.25) is 9.59 Å². The second-order valence-corrected chi connectivity index (χ2v) is 5.18. The Bertz CT molecular complexity index is 340. The summed E-state index contributed by atoms with van der Waals surface area (Å²) in [6.45, 7) is 8.13. The third kappa shape index (κ3) is 2.76. The van der Waals surface area contributed by atoms with Crippen molar-refractivity contribution in [1.82, 2.24) is 10.2 Å². The first-order chi connectivity index (χ1) is 8.97. The number of methoxy groups -OCH3 is 1. The van der Waals surface area contributed by atoms with Gasteiger partial charge in [-0.25, -0.2) is 0 Å². The summed E-state index contributed by atoms with van der Waals surface area (Å²) in [5, 5.41) is 2.91. The van der Waals surface area contributed by atoms with Gasteiger partial charge in [-0.15, -0.1) is 0 Å². The third-order valence-corrected chi connectivity index (χ3v) is 4.23. The minimum Gasteiger partial charge on any atom is -0.383 e. The highest BCUT2D eigenvalue weighted by Gasteiger charge is 2.49. The van der Waals surface area contributed by atoms with Gasteiger partial charge in [-0.05, 0) is 26.2 Å². The van der Waals surface area contributed by atoms with Gasteiger partial charge in [0.05, 0.1) is 12.6 Å². The molecule has 1 fully saturated rings. The number of carbonyl (C=O) groups excluding carboxylic acids is 2. The van der Waals surface area contributed by atoms with Crippen LogP contribution in [-0.4, -0.2) is 48.1 Å². The maximum atomic E-state index is 12.8. The number of nitrogens with one attached hydrogen (secondary N) is 1. The normalized spacial score (nSPS) is 24.3. The number of nitrogens with zero attached hydrogens (tertiary/aromatic N) is 1. The molecule has 2 atom stereocenters. The number of piperazine rings is 1. The molecule has 0 spiro atoms. The highest BCUT2D eigenvalue weighted by atomic mass is 16.5. The standard InChI is InChI=1S/C14H26N2O3/c1-6-11(9-19-5)16-10(4)12(17)15-14(7-2,8-3)13(16)18/h10-11H,6-9H2,1-5H3,(H,15,17). The van der Waals surface area contributed by atoms with E-state index in [1.165, 1.54) is 0 Å². The van der Waals surface area contributed by atoms with E-state index >= 15 is 0 Å². The molecule has 19 heavy (non-hydrogen) atoms. The summed E-state index contributed by atoms with van der Waals surface area (Å²) in [5.41, 5.74) is -0.745. The Morgan fingerprint density at radius 1 is 1.32 bits per heavy atom. The molecule has 0 aromatic rings. The summed E-state index contributed by atoms with van der Waals surface area (Å²) in [6, 6.07) is -0.477. The van der Waals surface area contributed by atoms with E-state index in [0.717, 1.165) is 6.42 Å². The van der Waals surface area contributed by atoms with Crippen LogP contribution in [0.25, 0.3) is 0 Å². The van der Waals surface area contributed by atoms with E-state index in [-0.39, 0.29) is 17.9 Å². The smallest absolute Gasteiger partial charge is 0.249 e. The van der Waals surface area contributed by atoms with Crippen molar-refractivity contribution in [3.63, 3.8) is 0 Å². The number of ether oxygens (including phenoxy) is 1. The molecule has 1 rings (SSSR count). The minimum atomic E-state index is -0.745. The van der Waals surface area contributed by atoms with Crippen molar-refractivity contribution >= 4 is 11.8 Å². The topological polar surface area (TPSA) is 58.6 Å². The Labute approximate surface area is 115 Å². The van der Waals surface area contributed by atoms with Crippen molar-refractivity contribution in [2.75, 3.05) is 13.7 Å². The van der Waals surface area contributed by atoms with E-state index in [1.807, 2.05) is 20.8 Å². The zero-order valence-corrected chi connectivity index (χ0v) is 12.7. The molecule has 1 N–H and O–H groups in total. The number of carbonyl (C=O) groups is 2. The maximum Gasteiger partial charge on any atom is 0.249 e. The Morgan fingerprint density at radius 2 is 1.89 bits per heavy atom. The van der Waals surface area contributed by atoms with E-state index in [1.54, 1.807) is 18.9 Å². The van der Waals surface area contributed by atoms with Gasteiger partial charge in [-0.1, -0.05) is 20.8 Å². The lowest BCUT2D eigenvalue weighted by Crippen LogP contribution is -2.71. The Morgan fingerprint density at radius 3 is 2.32 bits per heavy atom. The van der Waals surface area contributed by atoms with Gasteiger partial charge in [0.2, 0.25) is 11.8 Å². The first-order valence-corrected chi connectivity index (χ1v) is 7.11. The van der Waals surface area contributed by atoms with Gasteiger partial charge in [0.15, 0.2) is 0 Å². The molecule has 1 saturated heterocycles. The monoisotopic (exact) mass is 270 g/mol. The SMILES string of the molecule is CCC(COC)N1C(=O)C(CC)(CC)NC(=O)C1C. The highest BCUT2D eigenvalue weighted by Crippen LogP contribution is 2.27. The molecule has 0 aromatic carbocycles. The van der Waals surface area contributed by atoms with Gasteiger partial charge < -0.3 is 15.0 Å². The molecule has 110 valence electrons. The Balaban J connectivity index is 3.11. The summed E-state index contributed by atoms with van der Waals surface area (Å²) in [5.74, 6) is -0.0497. The van der Waals surface area contributed by atoms with E-state index in [9.17, 15) is 9.59 Å². The summed E-state index contributed by atoms with van der Waals surface area (Å²) < 4.78 is 5.19. The molecule has 1 aliphatic rings.